The Morgan fingerprint density at radius 3 is 2.21 bits per heavy atom. The summed E-state index contributed by atoms with van der Waals surface area (Å²) in [4.78, 5) is 25.9. The second-order valence-electron chi connectivity index (χ2n) is 6.50. The van der Waals surface area contributed by atoms with Crippen LogP contribution in [-0.2, 0) is 16.0 Å². The van der Waals surface area contributed by atoms with Gasteiger partial charge in [0.05, 0.1) is 12.5 Å². The van der Waals surface area contributed by atoms with Crippen LogP contribution in [0.3, 0.4) is 0 Å². The highest BCUT2D eigenvalue weighted by Crippen LogP contribution is 2.24. The number of hydrogen-bond acceptors (Lipinski definition) is 3. The third kappa shape index (κ3) is 7.44. The first kappa shape index (κ1) is 24.5. The van der Waals surface area contributed by atoms with Crippen LogP contribution in [0.1, 0.15) is 30.5 Å². The average Bonchev–Trinajstić information content (AvgIpc) is 2.65. The van der Waals surface area contributed by atoms with Crippen molar-refractivity contribution < 1.29 is 18.4 Å². The van der Waals surface area contributed by atoms with E-state index in [-0.39, 0.29) is 36.8 Å². The Morgan fingerprint density at radius 2 is 1.66 bits per heavy atom. The Labute approximate surface area is 175 Å². The van der Waals surface area contributed by atoms with Crippen molar-refractivity contribution in [1.82, 2.24) is 10.2 Å². The van der Waals surface area contributed by atoms with E-state index in [2.05, 4.69) is 5.32 Å². The zero-order valence-corrected chi connectivity index (χ0v) is 17.1. The number of carbonyl (C=O) groups excluding carboxylic acids is 2. The molecule has 0 bridgehead atoms. The molecule has 0 aliphatic carbocycles. The summed E-state index contributed by atoms with van der Waals surface area (Å²) in [5, 5.41) is 2.48. The largest absolute Gasteiger partial charge is 0.349 e. The predicted molar refractivity (Wildman–Crippen MR) is 111 cm³/mol. The molecular weight excluding hydrogens is 400 g/mol. The lowest BCUT2D eigenvalue weighted by Crippen LogP contribution is -2.40. The third-order valence-corrected chi connectivity index (χ3v) is 4.37. The van der Waals surface area contributed by atoms with Gasteiger partial charge in [0.1, 0.15) is 11.6 Å². The van der Waals surface area contributed by atoms with Crippen LogP contribution in [0.5, 0.6) is 0 Å². The third-order valence-electron chi connectivity index (χ3n) is 4.37. The number of benzene rings is 2. The zero-order valence-electron chi connectivity index (χ0n) is 16.2. The zero-order chi connectivity index (χ0) is 20.5. The van der Waals surface area contributed by atoms with Gasteiger partial charge in [-0.1, -0.05) is 36.4 Å². The molecule has 2 amide bonds. The summed E-state index contributed by atoms with van der Waals surface area (Å²) in [5.41, 5.74) is 6.37. The van der Waals surface area contributed by atoms with E-state index in [0.29, 0.717) is 19.5 Å². The number of nitrogens with one attached hydrogen (secondary N) is 1. The fourth-order valence-electron chi connectivity index (χ4n) is 3.04. The van der Waals surface area contributed by atoms with Crippen molar-refractivity contribution in [2.24, 2.45) is 5.73 Å². The highest BCUT2D eigenvalue weighted by Gasteiger charge is 2.26. The van der Waals surface area contributed by atoms with Crippen molar-refractivity contribution in [1.29, 1.82) is 0 Å². The van der Waals surface area contributed by atoms with E-state index in [9.17, 15) is 18.4 Å². The highest BCUT2D eigenvalue weighted by molar-refractivity contribution is 5.85. The summed E-state index contributed by atoms with van der Waals surface area (Å²) in [7, 11) is 0. The Balaban J connectivity index is 0.00000420. The molecule has 1 atom stereocenters. The second kappa shape index (κ2) is 12.1. The molecule has 158 valence electrons. The van der Waals surface area contributed by atoms with Gasteiger partial charge in [-0.25, -0.2) is 8.78 Å². The van der Waals surface area contributed by atoms with Gasteiger partial charge >= 0.3 is 0 Å². The number of amides is 2. The van der Waals surface area contributed by atoms with Gasteiger partial charge in [0.15, 0.2) is 0 Å². The molecule has 29 heavy (non-hydrogen) atoms. The van der Waals surface area contributed by atoms with Gasteiger partial charge in [0, 0.05) is 32.1 Å². The molecule has 0 radical (unpaired) electrons. The van der Waals surface area contributed by atoms with E-state index in [1.165, 1.54) is 13.0 Å². The fourth-order valence-corrected chi connectivity index (χ4v) is 3.04. The molecule has 0 fully saturated rings. The molecule has 0 aliphatic rings. The molecule has 0 heterocycles. The molecule has 5 nitrogen and oxygen atoms in total. The number of halogens is 3. The maximum atomic E-state index is 14.2. The first-order chi connectivity index (χ1) is 13.4. The van der Waals surface area contributed by atoms with Crippen LogP contribution in [0, 0.1) is 11.6 Å². The molecule has 2 aromatic rings. The van der Waals surface area contributed by atoms with E-state index in [4.69, 9.17) is 5.73 Å². The van der Waals surface area contributed by atoms with Crippen molar-refractivity contribution in [3.63, 3.8) is 0 Å². The molecular formula is C21H26ClF2N3O2. The molecule has 1 unspecified atom stereocenters. The normalized spacial score (nSPS) is 11.3. The SMILES string of the molecule is CC(=O)NC(CC(=O)N(CCN)CCc1ccccc1)c1c(F)cccc1F.Cl. The maximum absolute atomic E-state index is 14.2. The minimum absolute atomic E-state index is 0. The maximum Gasteiger partial charge on any atom is 0.225 e. The van der Waals surface area contributed by atoms with Gasteiger partial charge in [-0.2, -0.15) is 0 Å². The quantitative estimate of drug-likeness (QED) is 0.648. The summed E-state index contributed by atoms with van der Waals surface area (Å²) < 4.78 is 28.4. The molecule has 0 spiro atoms. The van der Waals surface area contributed by atoms with Crippen molar-refractivity contribution in [2.45, 2.75) is 25.8 Å². The van der Waals surface area contributed by atoms with Gasteiger partial charge in [0.2, 0.25) is 11.8 Å². The molecule has 0 saturated carbocycles. The van der Waals surface area contributed by atoms with Crippen LogP contribution in [0.15, 0.2) is 48.5 Å². The second-order valence-corrected chi connectivity index (χ2v) is 6.50. The number of rotatable bonds is 9. The Bertz CT molecular complexity index is 786. The van der Waals surface area contributed by atoms with E-state index in [1.807, 2.05) is 30.3 Å². The average molecular weight is 426 g/mol. The summed E-state index contributed by atoms with van der Waals surface area (Å²) in [5.74, 6) is -2.42. The van der Waals surface area contributed by atoms with Crippen LogP contribution >= 0.6 is 12.4 Å². The Kier molecular flexibility index (Phi) is 10.3. The van der Waals surface area contributed by atoms with Crippen molar-refractivity contribution in [2.75, 3.05) is 19.6 Å². The lowest BCUT2D eigenvalue weighted by molar-refractivity contribution is -0.132. The smallest absolute Gasteiger partial charge is 0.225 e. The van der Waals surface area contributed by atoms with Crippen LogP contribution in [-0.4, -0.2) is 36.3 Å². The van der Waals surface area contributed by atoms with Crippen LogP contribution in [0.4, 0.5) is 8.78 Å². The minimum atomic E-state index is -1.09. The predicted octanol–water partition coefficient (Wildman–Crippen LogP) is 2.98. The van der Waals surface area contributed by atoms with E-state index in [1.54, 1.807) is 4.90 Å². The number of nitrogens with zero attached hydrogens (tertiary/aromatic N) is 1. The molecule has 0 saturated heterocycles. The Morgan fingerprint density at radius 1 is 1.03 bits per heavy atom. The fraction of sp³-hybridized carbons (Fsp3) is 0.333. The van der Waals surface area contributed by atoms with Gasteiger partial charge in [-0.05, 0) is 24.1 Å². The molecule has 3 N–H and O–H groups in total. The van der Waals surface area contributed by atoms with Crippen molar-refractivity contribution in [3.05, 3.63) is 71.3 Å². The van der Waals surface area contributed by atoms with Crippen LogP contribution in [0.2, 0.25) is 0 Å². The molecule has 0 aromatic heterocycles. The van der Waals surface area contributed by atoms with Crippen LogP contribution in [0.25, 0.3) is 0 Å². The number of carbonyl (C=O) groups is 2. The van der Waals surface area contributed by atoms with E-state index < -0.39 is 23.6 Å². The molecule has 0 aliphatic heterocycles. The first-order valence-electron chi connectivity index (χ1n) is 9.15. The molecule has 2 aromatic carbocycles. The van der Waals surface area contributed by atoms with Gasteiger partial charge < -0.3 is 16.0 Å². The van der Waals surface area contributed by atoms with Gasteiger partial charge in [0.25, 0.3) is 0 Å². The summed E-state index contributed by atoms with van der Waals surface area (Å²) in [6.45, 7) is 2.24. The lowest BCUT2D eigenvalue weighted by Gasteiger charge is -2.26. The molecule has 8 heteroatoms. The van der Waals surface area contributed by atoms with Crippen LogP contribution < -0.4 is 11.1 Å². The van der Waals surface area contributed by atoms with Gasteiger partial charge in [-0.3, -0.25) is 9.59 Å². The number of nitrogens with two attached hydrogens (primary N) is 1. The lowest BCUT2D eigenvalue weighted by atomic mass is 10.0. The minimum Gasteiger partial charge on any atom is -0.349 e. The van der Waals surface area contributed by atoms with Gasteiger partial charge in [-0.15, -0.1) is 12.4 Å². The summed E-state index contributed by atoms with van der Waals surface area (Å²) in [6.07, 6.45) is 0.373. The Hall–Kier alpha value is -2.51. The first-order valence-corrected chi connectivity index (χ1v) is 9.15. The summed E-state index contributed by atoms with van der Waals surface area (Å²) in [6, 6.07) is 12.0. The monoisotopic (exact) mass is 425 g/mol. The standard InChI is InChI=1S/C21H25F2N3O2.ClH/c1-15(27)25-19(21-17(22)8-5-9-18(21)23)14-20(28)26(13-11-24)12-10-16-6-3-2-4-7-16;/h2-9,19H,10-14,24H2,1H3,(H,25,27);1H. The number of hydrogen-bond donors (Lipinski definition) is 2. The topological polar surface area (TPSA) is 75.4 Å². The van der Waals surface area contributed by atoms with E-state index >= 15 is 0 Å². The van der Waals surface area contributed by atoms with Crippen molar-refractivity contribution >= 4 is 24.2 Å². The highest BCUT2D eigenvalue weighted by atomic mass is 35.5. The van der Waals surface area contributed by atoms with Crippen molar-refractivity contribution in [3.8, 4) is 0 Å². The summed E-state index contributed by atoms with van der Waals surface area (Å²) >= 11 is 0. The molecule has 2 rings (SSSR count). The van der Waals surface area contributed by atoms with E-state index in [0.717, 1.165) is 17.7 Å².